The van der Waals surface area contributed by atoms with Crippen LogP contribution in [0, 0.1) is 11.3 Å². The third kappa shape index (κ3) is 2.49. The molecule has 1 aliphatic rings. The summed E-state index contributed by atoms with van der Waals surface area (Å²) >= 11 is 5.67. The molecule has 1 unspecified atom stereocenters. The summed E-state index contributed by atoms with van der Waals surface area (Å²) in [7, 11) is 0. The third-order valence-corrected chi connectivity index (χ3v) is 2.00. The quantitative estimate of drug-likeness (QED) is 0.683. The van der Waals surface area contributed by atoms with Gasteiger partial charge in [-0.05, 0) is 0 Å². The summed E-state index contributed by atoms with van der Waals surface area (Å²) in [5.74, 6) is 0. The van der Waals surface area contributed by atoms with Gasteiger partial charge < -0.3 is 5.32 Å². The van der Waals surface area contributed by atoms with E-state index in [1.54, 1.807) is 0 Å². The molecule has 1 rings (SSSR count). The van der Waals surface area contributed by atoms with Crippen LogP contribution in [0.25, 0.3) is 0 Å². The Morgan fingerprint density at radius 1 is 1.83 bits per heavy atom. The number of nitriles is 1. The van der Waals surface area contributed by atoms with Crippen LogP contribution in [0.2, 0.25) is 0 Å². The minimum absolute atomic E-state index is 0.0609. The largest absolute Gasteiger partial charge is 0.313 e. The zero-order valence-electron chi connectivity index (χ0n) is 6.89. The Balaban J connectivity index is 2.48. The molecule has 66 valence electrons. The maximum absolute atomic E-state index is 8.77. The van der Waals surface area contributed by atoms with Crippen molar-refractivity contribution in [3.8, 4) is 6.07 Å². The average molecular weight is 186 g/mol. The van der Waals surface area contributed by atoms with Crippen molar-refractivity contribution in [3.63, 3.8) is 0 Å². The highest BCUT2D eigenvalue weighted by Crippen LogP contribution is 2.07. The molecular formula is C8H12ClN3. The maximum atomic E-state index is 8.77. The van der Waals surface area contributed by atoms with Crippen molar-refractivity contribution in [2.75, 3.05) is 26.2 Å². The van der Waals surface area contributed by atoms with Crippen molar-refractivity contribution < 1.29 is 0 Å². The monoisotopic (exact) mass is 185 g/mol. The fourth-order valence-electron chi connectivity index (χ4n) is 1.28. The topological polar surface area (TPSA) is 39.1 Å². The van der Waals surface area contributed by atoms with Crippen molar-refractivity contribution in [2.24, 2.45) is 0 Å². The molecule has 1 N–H and O–H groups in total. The molecule has 1 atom stereocenters. The SMILES string of the molecule is C=C(Cl)CN1CCNCC1C#N. The first-order valence-corrected chi connectivity index (χ1v) is 4.29. The lowest BCUT2D eigenvalue weighted by Gasteiger charge is -2.31. The summed E-state index contributed by atoms with van der Waals surface area (Å²) < 4.78 is 0. The van der Waals surface area contributed by atoms with Crippen molar-refractivity contribution in [1.29, 1.82) is 5.26 Å². The van der Waals surface area contributed by atoms with E-state index in [0.717, 1.165) is 19.6 Å². The number of nitrogens with zero attached hydrogens (tertiary/aromatic N) is 2. The van der Waals surface area contributed by atoms with E-state index in [-0.39, 0.29) is 6.04 Å². The lowest BCUT2D eigenvalue weighted by molar-refractivity contribution is 0.216. The van der Waals surface area contributed by atoms with Gasteiger partial charge in [0.1, 0.15) is 6.04 Å². The van der Waals surface area contributed by atoms with Gasteiger partial charge in [-0.2, -0.15) is 5.26 Å². The number of piperazine rings is 1. The molecule has 1 fully saturated rings. The predicted octanol–water partition coefficient (Wildman–Crippen LogP) is 0.536. The zero-order chi connectivity index (χ0) is 8.97. The van der Waals surface area contributed by atoms with Crippen molar-refractivity contribution in [3.05, 3.63) is 11.6 Å². The van der Waals surface area contributed by atoms with Crippen LogP contribution >= 0.6 is 11.6 Å². The molecule has 1 saturated heterocycles. The van der Waals surface area contributed by atoms with Crippen LogP contribution in [0.5, 0.6) is 0 Å². The van der Waals surface area contributed by atoms with Crippen LogP contribution in [0.4, 0.5) is 0 Å². The van der Waals surface area contributed by atoms with Crippen LogP contribution in [0.1, 0.15) is 0 Å². The first-order chi connectivity index (χ1) is 5.74. The van der Waals surface area contributed by atoms with Gasteiger partial charge in [0.25, 0.3) is 0 Å². The van der Waals surface area contributed by atoms with Gasteiger partial charge in [0.15, 0.2) is 0 Å². The molecule has 0 bridgehead atoms. The molecule has 0 aliphatic carbocycles. The Kier molecular flexibility index (Phi) is 3.54. The van der Waals surface area contributed by atoms with Gasteiger partial charge in [-0.3, -0.25) is 4.90 Å². The Morgan fingerprint density at radius 2 is 2.58 bits per heavy atom. The molecule has 0 amide bonds. The molecule has 0 aromatic carbocycles. The van der Waals surface area contributed by atoms with Gasteiger partial charge in [0.05, 0.1) is 6.07 Å². The first kappa shape index (κ1) is 9.53. The van der Waals surface area contributed by atoms with E-state index >= 15 is 0 Å². The Hall–Kier alpha value is -0.560. The molecule has 3 nitrogen and oxygen atoms in total. The molecule has 12 heavy (non-hydrogen) atoms. The second-order valence-electron chi connectivity index (χ2n) is 2.84. The van der Waals surface area contributed by atoms with Gasteiger partial charge in [0, 0.05) is 31.2 Å². The molecule has 4 heteroatoms. The van der Waals surface area contributed by atoms with Gasteiger partial charge in [-0.15, -0.1) is 0 Å². The van der Waals surface area contributed by atoms with Crippen LogP contribution in [-0.2, 0) is 0 Å². The molecule has 1 heterocycles. The van der Waals surface area contributed by atoms with Crippen molar-refractivity contribution >= 4 is 11.6 Å². The lowest BCUT2D eigenvalue weighted by Crippen LogP contribution is -2.50. The highest BCUT2D eigenvalue weighted by molar-refractivity contribution is 6.29. The Bertz CT molecular complexity index is 209. The second kappa shape index (κ2) is 4.46. The van der Waals surface area contributed by atoms with E-state index in [1.807, 2.05) is 4.90 Å². The van der Waals surface area contributed by atoms with Crippen LogP contribution in [0.3, 0.4) is 0 Å². The van der Waals surface area contributed by atoms with Gasteiger partial charge in [-0.25, -0.2) is 0 Å². The van der Waals surface area contributed by atoms with E-state index in [2.05, 4.69) is 18.0 Å². The standard InChI is InChI=1S/C8H12ClN3/c1-7(9)6-12-3-2-11-5-8(12)4-10/h8,11H,1-3,5-6H2. The summed E-state index contributed by atoms with van der Waals surface area (Å²) in [5.41, 5.74) is 0. The molecule has 0 saturated carbocycles. The highest BCUT2D eigenvalue weighted by atomic mass is 35.5. The molecular weight excluding hydrogens is 174 g/mol. The van der Waals surface area contributed by atoms with E-state index in [1.165, 1.54) is 0 Å². The van der Waals surface area contributed by atoms with E-state index in [4.69, 9.17) is 16.9 Å². The zero-order valence-corrected chi connectivity index (χ0v) is 7.64. The number of hydrogen-bond donors (Lipinski definition) is 1. The molecule has 0 spiro atoms. The smallest absolute Gasteiger partial charge is 0.111 e. The van der Waals surface area contributed by atoms with Crippen molar-refractivity contribution in [1.82, 2.24) is 10.2 Å². The van der Waals surface area contributed by atoms with Gasteiger partial charge in [-0.1, -0.05) is 18.2 Å². The Morgan fingerprint density at radius 3 is 3.17 bits per heavy atom. The van der Waals surface area contributed by atoms with E-state index < -0.39 is 0 Å². The summed E-state index contributed by atoms with van der Waals surface area (Å²) in [4.78, 5) is 2.03. The summed E-state index contributed by atoms with van der Waals surface area (Å²) in [6.07, 6.45) is 0. The lowest BCUT2D eigenvalue weighted by atomic mass is 10.2. The van der Waals surface area contributed by atoms with Gasteiger partial charge in [0.2, 0.25) is 0 Å². The van der Waals surface area contributed by atoms with Crippen molar-refractivity contribution in [2.45, 2.75) is 6.04 Å². The van der Waals surface area contributed by atoms with Crippen LogP contribution in [0.15, 0.2) is 11.6 Å². The fourth-order valence-corrected chi connectivity index (χ4v) is 1.44. The predicted molar refractivity (Wildman–Crippen MR) is 48.8 cm³/mol. The average Bonchev–Trinajstić information content (AvgIpc) is 2.04. The first-order valence-electron chi connectivity index (χ1n) is 3.91. The Labute approximate surface area is 77.6 Å². The van der Waals surface area contributed by atoms with Crippen LogP contribution in [-0.4, -0.2) is 37.1 Å². The summed E-state index contributed by atoms with van der Waals surface area (Å²) in [6, 6.07) is 2.16. The minimum Gasteiger partial charge on any atom is -0.313 e. The normalized spacial score (nSPS) is 24.8. The minimum atomic E-state index is -0.0609. The number of halogens is 1. The number of nitrogens with one attached hydrogen (secondary N) is 1. The number of hydrogen-bond acceptors (Lipinski definition) is 3. The molecule has 0 aromatic heterocycles. The van der Waals surface area contributed by atoms with Crippen LogP contribution < -0.4 is 5.32 Å². The highest BCUT2D eigenvalue weighted by Gasteiger charge is 2.21. The summed E-state index contributed by atoms with van der Waals surface area (Å²) in [5, 5.41) is 12.5. The fraction of sp³-hybridized carbons (Fsp3) is 0.625. The van der Waals surface area contributed by atoms with Gasteiger partial charge >= 0.3 is 0 Å². The maximum Gasteiger partial charge on any atom is 0.111 e. The van der Waals surface area contributed by atoms with E-state index in [0.29, 0.717) is 11.6 Å². The molecule has 0 radical (unpaired) electrons. The number of rotatable bonds is 2. The third-order valence-electron chi connectivity index (χ3n) is 1.88. The molecule has 1 aliphatic heterocycles. The van der Waals surface area contributed by atoms with E-state index in [9.17, 15) is 0 Å². The second-order valence-corrected chi connectivity index (χ2v) is 3.37. The summed E-state index contributed by atoms with van der Waals surface area (Å²) in [6.45, 7) is 6.73. The molecule has 0 aromatic rings.